The second kappa shape index (κ2) is 8.61. The number of aromatic amines is 1. The quantitative estimate of drug-likeness (QED) is 0.372. The van der Waals surface area contributed by atoms with Crippen molar-refractivity contribution in [3.63, 3.8) is 0 Å². The second-order valence-corrected chi connectivity index (χ2v) is 8.29. The summed E-state index contributed by atoms with van der Waals surface area (Å²) in [6.45, 7) is 5.50. The van der Waals surface area contributed by atoms with Crippen molar-refractivity contribution in [3.8, 4) is 0 Å². The van der Waals surface area contributed by atoms with Gasteiger partial charge >= 0.3 is 0 Å². The number of oxazole rings is 1. The van der Waals surface area contributed by atoms with E-state index in [1.807, 2.05) is 25.1 Å². The molecule has 1 aliphatic heterocycles. The van der Waals surface area contributed by atoms with Gasteiger partial charge in [-0.2, -0.15) is 0 Å². The monoisotopic (exact) mass is 436 g/mol. The van der Waals surface area contributed by atoms with Crippen molar-refractivity contribution in [3.05, 3.63) is 64.8 Å². The molecule has 0 bridgehead atoms. The molecule has 4 aromatic rings. The van der Waals surface area contributed by atoms with Crippen LogP contribution in [0.25, 0.3) is 11.0 Å². The van der Waals surface area contributed by atoms with Gasteiger partial charge in [-0.05, 0) is 55.7 Å². The summed E-state index contributed by atoms with van der Waals surface area (Å²) in [4.78, 5) is 14.7. The maximum atomic E-state index is 6.44. The number of nitrogens with zero attached hydrogens (tertiary/aromatic N) is 3. The topological polar surface area (TPSA) is 82.0 Å². The van der Waals surface area contributed by atoms with Crippen molar-refractivity contribution in [1.29, 1.82) is 0 Å². The number of benzene rings is 2. The highest BCUT2D eigenvalue weighted by Crippen LogP contribution is 2.29. The van der Waals surface area contributed by atoms with E-state index in [1.165, 1.54) is 24.9 Å². The van der Waals surface area contributed by atoms with Crippen LogP contribution in [0, 0.1) is 6.92 Å². The zero-order valence-electron chi connectivity index (χ0n) is 17.4. The largest absolute Gasteiger partial charge is 0.448 e. The minimum absolute atomic E-state index is 0.648. The minimum Gasteiger partial charge on any atom is -0.448 e. The molecule has 1 fully saturated rings. The van der Waals surface area contributed by atoms with Crippen LogP contribution >= 0.6 is 11.6 Å². The summed E-state index contributed by atoms with van der Waals surface area (Å²) in [7, 11) is 0. The molecule has 2 aromatic carbocycles. The predicted octanol–water partition coefficient (Wildman–Crippen LogP) is 5.15. The van der Waals surface area contributed by atoms with Crippen molar-refractivity contribution in [2.45, 2.75) is 32.9 Å². The van der Waals surface area contributed by atoms with Gasteiger partial charge in [0.15, 0.2) is 6.39 Å². The number of halogens is 1. The molecule has 160 valence electrons. The highest BCUT2D eigenvalue weighted by atomic mass is 35.5. The normalized spacial score (nSPS) is 13.9. The van der Waals surface area contributed by atoms with Gasteiger partial charge in [0.1, 0.15) is 5.76 Å². The maximum absolute atomic E-state index is 6.44. The fraction of sp³-hybridized carbons (Fsp3) is 0.304. The average Bonchev–Trinajstić information content (AvgIpc) is 3.51. The van der Waals surface area contributed by atoms with Crippen LogP contribution < -0.4 is 15.5 Å². The molecule has 8 heteroatoms. The number of aromatic nitrogens is 3. The van der Waals surface area contributed by atoms with Crippen LogP contribution in [-0.2, 0) is 13.1 Å². The molecule has 0 amide bonds. The van der Waals surface area contributed by atoms with E-state index >= 15 is 0 Å². The van der Waals surface area contributed by atoms with Crippen LogP contribution in [0.5, 0.6) is 0 Å². The van der Waals surface area contributed by atoms with Gasteiger partial charge in [-0.25, -0.2) is 9.97 Å². The van der Waals surface area contributed by atoms with Crippen LogP contribution in [0.4, 0.5) is 17.3 Å². The van der Waals surface area contributed by atoms with Crippen molar-refractivity contribution < 1.29 is 4.42 Å². The Labute approximate surface area is 185 Å². The van der Waals surface area contributed by atoms with Gasteiger partial charge in [0.2, 0.25) is 5.95 Å². The molecule has 0 spiro atoms. The molecular formula is C23H25ClN6O. The SMILES string of the molecule is Cc1ocnc1CNCc1ccc(Cl)c(Nc2nc3ccc(N4CCCC4)cc3[nH]2)c1. The number of rotatable bonds is 7. The Morgan fingerprint density at radius 2 is 2.00 bits per heavy atom. The minimum atomic E-state index is 0.648. The number of imidazole rings is 1. The van der Waals surface area contributed by atoms with E-state index in [-0.39, 0.29) is 0 Å². The van der Waals surface area contributed by atoms with E-state index in [0.29, 0.717) is 24.1 Å². The molecule has 3 heterocycles. The summed E-state index contributed by atoms with van der Waals surface area (Å²) in [5.74, 6) is 1.52. The van der Waals surface area contributed by atoms with E-state index in [0.717, 1.165) is 46.8 Å². The van der Waals surface area contributed by atoms with Gasteiger partial charge in [-0.15, -0.1) is 0 Å². The first kappa shape index (κ1) is 19.9. The van der Waals surface area contributed by atoms with E-state index in [1.54, 1.807) is 0 Å². The molecule has 0 aliphatic carbocycles. The zero-order chi connectivity index (χ0) is 21.2. The Bertz CT molecular complexity index is 1190. The third-order valence-corrected chi connectivity index (χ3v) is 6.02. The zero-order valence-corrected chi connectivity index (χ0v) is 18.2. The molecule has 0 atom stereocenters. The first-order valence-electron chi connectivity index (χ1n) is 10.6. The number of hydrogen-bond acceptors (Lipinski definition) is 6. The Hall–Kier alpha value is -3.03. The number of anilines is 3. The summed E-state index contributed by atoms with van der Waals surface area (Å²) in [5.41, 5.74) is 6.04. The average molecular weight is 437 g/mol. The van der Waals surface area contributed by atoms with E-state index in [2.05, 4.69) is 48.7 Å². The third-order valence-electron chi connectivity index (χ3n) is 5.69. The summed E-state index contributed by atoms with van der Waals surface area (Å²) in [6.07, 6.45) is 3.99. The van der Waals surface area contributed by atoms with E-state index in [4.69, 9.17) is 16.0 Å². The highest BCUT2D eigenvalue weighted by Gasteiger charge is 2.14. The molecular weight excluding hydrogens is 412 g/mol. The number of hydrogen-bond donors (Lipinski definition) is 3. The maximum Gasteiger partial charge on any atom is 0.205 e. The third kappa shape index (κ3) is 4.38. The lowest BCUT2D eigenvalue weighted by Crippen LogP contribution is -2.17. The molecule has 1 aliphatic rings. The van der Waals surface area contributed by atoms with Gasteiger partial charge in [0, 0.05) is 31.9 Å². The van der Waals surface area contributed by atoms with Crippen LogP contribution in [0.2, 0.25) is 5.02 Å². The number of fused-ring (bicyclic) bond motifs is 1. The Morgan fingerprint density at radius 1 is 1.13 bits per heavy atom. The fourth-order valence-electron chi connectivity index (χ4n) is 3.96. The summed E-state index contributed by atoms with van der Waals surface area (Å²) >= 11 is 6.44. The number of aryl methyl sites for hydroxylation is 1. The fourth-order valence-corrected chi connectivity index (χ4v) is 4.12. The molecule has 0 unspecified atom stereocenters. The highest BCUT2D eigenvalue weighted by molar-refractivity contribution is 6.33. The Morgan fingerprint density at radius 3 is 2.81 bits per heavy atom. The molecule has 7 nitrogen and oxygen atoms in total. The van der Waals surface area contributed by atoms with Gasteiger partial charge in [0.25, 0.3) is 0 Å². The van der Waals surface area contributed by atoms with Gasteiger partial charge in [0.05, 0.1) is 27.4 Å². The van der Waals surface area contributed by atoms with E-state index < -0.39 is 0 Å². The predicted molar refractivity (Wildman–Crippen MR) is 124 cm³/mol. The first-order chi connectivity index (χ1) is 15.2. The molecule has 0 saturated carbocycles. The number of nitrogens with one attached hydrogen (secondary N) is 3. The lowest BCUT2D eigenvalue weighted by molar-refractivity contribution is 0.522. The van der Waals surface area contributed by atoms with Crippen LogP contribution in [0.1, 0.15) is 29.9 Å². The molecule has 5 rings (SSSR count). The molecule has 2 aromatic heterocycles. The molecule has 0 radical (unpaired) electrons. The van der Waals surface area contributed by atoms with Crippen LogP contribution in [0.15, 0.2) is 47.2 Å². The lowest BCUT2D eigenvalue weighted by atomic mass is 10.2. The standard InChI is InChI=1S/C23H25ClN6O/c1-15-22(26-14-31-15)13-25-12-16-4-6-18(24)20(10-16)28-23-27-19-7-5-17(11-21(19)29-23)30-8-2-3-9-30/h4-7,10-11,14,25H,2-3,8-9,12-13H2,1H3,(H2,27,28,29). The van der Waals surface area contributed by atoms with Gasteiger partial charge < -0.3 is 24.9 Å². The van der Waals surface area contributed by atoms with Gasteiger partial charge in [-0.3, -0.25) is 0 Å². The second-order valence-electron chi connectivity index (χ2n) is 7.88. The van der Waals surface area contributed by atoms with Crippen LogP contribution in [0.3, 0.4) is 0 Å². The van der Waals surface area contributed by atoms with Crippen molar-refractivity contribution in [1.82, 2.24) is 20.3 Å². The lowest BCUT2D eigenvalue weighted by Gasteiger charge is -2.17. The van der Waals surface area contributed by atoms with Gasteiger partial charge in [-0.1, -0.05) is 17.7 Å². The van der Waals surface area contributed by atoms with Crippen molar-refractivity contribution >= 4 is 40.0 Å². The first-order valence-corrected chi connectivity index (χ1v) is 10.9. The summed E-state index contributed by atoms with van der Waals surface area (Å²) in [5, 5.41) is 7.37. The van der Waals surface area contributed by atoms with Crippen molar-refractivity contribution in [2.75, 3.05) is 23.3 Å². The van der Waals surface area contributed by atoms with Crippen LogP contribution in [-0.4, -0.2) is 28.0 Å². The molecule has 1 saturated heterocycles. The molecule has 31 heavy (non-hydrogen) atoms. The van der Waals surface area contributed by atoms with Crippen molar-refractivity contribution in [2.24, 2.45) is 0 Å². The Kier molecular flexibility index (Phi) is 5.53. The van der Waals surface area contributed by atoms with E-state index in [9.17, 15) is 0 Å². The smallest absolute Gasteiger partial charge is 0.205 e. The summed E-state index contributed by atoms with van der Waals surface area (Å²) in [6, 6.07) is 12.3. The summed E-state index contributed by atoms with van der Waals surface area (Å²) < 4.78 is 5.24. The molecule has 3 N–H and O–H groups in total. The Balaban J connectivity index is 1.29. The number of H-pyrrole nitrogens is 1.